The van der Waals surface area contributed by atoms with E-state index in [1.54, 1.807) is 0 Å². The van der Waals surface area contributed by atoms with Crippen LogP contribution < -0.4 is 0 Å². The summed E-state index contributed by atoms with van der Waals surface area (Å²) >= 11 is 2.99. The maximum atomic E-state index is 7.19. The Hall–Kier alpha value is -0.370. The Bertz CT molecular complexity index is 336. The van der Waals surface area contributed by atoms with Gasteiger partial charge >= 0.3 is 0 Å². The average molecular weight is 192 g/mol. The van der Waals surface area contributed by atoms with Crippen molar-refractivity contribution in [3.8, 4) is 0 Å². The Morgan fingerprint density at radius 2 is 2.00 bits per heavy atom. The van der Waals surface area contributed by atoms with Crippen LogP contribution in [0, 0.1) is 13.7 Å². The van der Waals surface area contributed by atoms with Crippen molar-refractivity contribution in [2.45, 2.75) is 13.7 Å². The lowest BCUT2D eigenvalue weighted by Crippen LogP contribution is -1.82. The molecule has 0 aromatic carbocycles. The molecule has 0 amide bonds. The van der Waals surface area contributed by atoms with Gasteiger partial charge in [-0.3, -0.25) is 4.98 Å². The Morgan fingerprint density at radius 1 is 1.44 bits per heavy atom. The van der Waals surface area contributed by atoms with Crippen LogP contribution >= 0.6 is 15.9 Å². The van der Waals surface area contributed by atoms with Gasteiger partial charge in [0, 0.05) is 25.1 Å². The van der Waals surface area contributed by atoms with Crippen LogP contribution in [0.3, 0.4) is 0 Å². The van der Waals surface area contributed by atoms with E-state index in [0.717, 1.165) is 12.4 Å². The molecule has 1 aromatic rings. The molecule has 0 fully saturated rings. The van der Waals surface area contributed by atoms with Gasteiger partial charge in [0.05, 0.1) is 0 Å². The van der Waals surface area contributed by atoms with Crippen molar-refractivity contribution in [3.63, 3.8) is 0 Å². The zero-order chi connectivity index (χ0) is 11.9. The monoisotopic (exact) mass is 191 g/mol. The molecule has 0 N–H and O–H groups in total. The van der Waals surface area contributed by atoms with Gasteiger partial charge in [0.1, 0.15) is 0 Å². The third-order valence-electron chi connectivity index (χ3n) is 0.880. The molecule has 0 aliphatic carbocycles. The van der Waals surface area contributed by atoms with E-state index in [9.17, 15) is 0 Å². The van der Waals surface area contributed by atoms with Crippen LogP contribution in [0.1, 0.15) is 19.4 Å². The molecule has 0 radical (unpaired) electrons. The molecule has 1 rings (SSSR count). The second-order valence-corrected chi connectivity index (χ2v) is 2.34. The average Bonchev–Trinajstić information content (AvgIpc) is 1.99. The van der Waals surface area contributed by atoms with Crippen molar-refractivity contribution in [2.75, 3.05) is 0 Å². The minimum atomic E-state index is -2.37. The predicted molar refractivity (Wildman–Crippen MR) is 41.4 cm³/mol. The summed E-state index contributed by atoms with van der Waals surface area (Å²) in [5, 5.41) is 0. The van der Waals surface area contributed by atoms with Gasteiger partial charge < -0.3 is 0 Å². The van der Waals surface area contributed by atoms with Gasteiger partial charge in [-0.05, 0) is 24.8 Å². The summed E-state index contributed by atoms with van der Waals surface area (Å²) in [7, 11) is 0. The molecule has 48 valence electrons. The summed E-state index contributed by atoms with van der Waals surface area (Å²) in [5.74, 6) is 0. The van der Waals surface area contributed by atoms with E-state index < -0.39 is 13.7 Å². The molecule has 1 heterocycles. The van der Waals surface area contributed by atoms with Crippen molar-refractivity contribution in [1.29, 1.82) is 0 Å². The maximum absolute atomic E-state index is 7.19. The van der Waals surface area contributed by atoms with Crippen LogP contribution in [0.25, 0.3) is 0 Å². The molecule has 1 nitrogen and oxygen atoms in total. The number of aryl methyl sites for hydroxylation is 2. The van der Waals surface area contributed by atoms with Crippen molar-refractivity contribution < 1.29 is 8.22 Å². The largest absolute Gasteiger partial charge is 0.264 e. The molecule has 9 heavy (non-hydrogen) atoms. The van der Waals surface area contributed by atoms with E-state index in [0.29, 0.717) is 0 Å². The summed E-state index contributed by atoms with van der Waals surface area (Å²) in [4.78, 5) is 3.63. The molecule has 0 spiro atoms. The third-order valence-corrected chi connectivity index (χ3v) is 1.73. The first-order valence-electron chi connectivity index (χ1n) is 5.28. The van der Waals surface area contributed by atoms with Crippen LogP contribution in [0.2, 0.25) is 0 Å². The third kappa shape index (κ3) is 1.30. The highest BCUT2D eigenvalue weighted by Crippen LogP contribution is 2.17. The van der Waals surface area contributed by atoms with Crippen LogP contribution in [-0.4, -0.2) is 4.98 Å². The summed E-state index contributed by atoms with van der Waals surface area (Å²) in [5.41, 5.74) is -0.174. The topological polar surface area (TPSA) is 12.9 Å². The van der Waals surface area contributed by atoms with E-state index in [1.165, 1.54) is 0 Å². The molecule has 0 aliphatic rings. The molecule has 0 bridgehead atoms. The number of halogens is 1. The quantitative estimate of drug-likeness (QED) is 0.615. The summed E-state index contributed by atoms with van der Waals surface area (Å²) in [6, 6.07) is 0. The van der Waals surface area contributed by atoms with E-state index in [2.05, 4.69) is 20.9 Å². The highest BCUT2D eigenvalue weighted by molar-refractivity contribution is 9.10. The van der Waals surface area contributed by atoms with Crippen molar-refractivity contribution in [1.82, 2.24) is 4.98 Å². The molecule has 0 saturated heterocycles. The van der Waals surface area contributed by atoms with Gasteiger partial charge in [-0.1, -0.05) is 15.9 Å². The second kappa shape index (κ2) is 2.48. The Labute approximate surface area is 71.7 Å². The molecular formula is C7H8BrN. The predicted octanol–water partition coefficient (Wildman–Crippen LogP) is 2.46. The number of hydrogen-bond acceptors (Lipinski definition) is 1. The van der Waals surface area contributed by atoms with Crippen LogP contribution in [0.15, 0.2) is 16.9 Å². The van der Waals surface area contributed by atoms with Crippen LogP contribution in [-0.2, 0) is 0 Å². The minimum absolute atomic E-state index is 0.0810. The number of nitrogens with zero attached hydrogens (tertiary/aromatic N) is 1. The smallest absolute Gasteiger partial charge is 0.0308 e. The number of aromatic nitrogens is 1. The molecule has 1 aromatic heterocycles. The molecule has 2 heteroatoms. The van der Waals surface area contributed by atoms with Gasteiger partial charge in [-0.25, -0.2) is 0 Å². The first kappa shape index (κ1) is 2.35. The minimum Gasteiger partial charge on any atom is -0.264 e. The zero-order valence-electron chi connectivity index (χ0n) is 10.5. The van der Waals surface area contributed by atoms with Crippen molar-refractivity contribution in [2.24, 2.45) is 0 Å². The SMILES string of the molecule is [2H]C([2H])([2H])c1cncc(C([2H])([2H])[2H])c1Br. The first-order valence-corrected chi connectivity index (χ1v) is 3.08. The number of pyridine rings is 1. The van der Waals surface area contributed by atoms with Crippen molar-refractivity contribution in [3.05, 3.63) is 28.0 Å². The summed E-state index contributed by atoms with van der Waals surface area (Å²) < 4.78 is 43.2. The maximum Gasteiger partial charge on any atom is 0.0308 e. The lowest BCUT2D eigenvalue weighted by Gasteiger charge is -1.97. The Balaban J connectivity index is 3.37. The van der Waals surface area contributed by atoms with Gasteiger partial charge in [0.2, 0.25) is 0 Å². The second-order valence-electron chi connectivity index (χ2n) is 1.55. The van der Waals surface area contributed by atoms with E-state index in [-0.39, 0.29) is 15.6 Å². The molecule has 0 saturated carbocycles. The Kier molecular flexibility index (Phi) is 0.647. The highest BCUT2D eigenvalue weighted by atomic mass is 79.9. The fraction of sp³-hybridized carbons (Fsp3) is 0.286. The van der Waals surface area contributed by atoms with Gasteiger partial charge in [0.25, 0.3) is 0 Å². The summed E-state index contributed by atoms with van der Waals surface area (Å²) in [6.45, 7) is -4.74. The lowest BCUT2D eigenvalue weighted by molar-refractivity contribution is 1.20. The van der Waals surface area contributed by atoms with Gasteiger partial charge in [0.15, 0.2) is 0 Å². The number of rotatable bonds is 0. The van der Waals surface area contributed by atoms with Gasteiger partial charge in [-0.2, -0.15) is 0 Å². The fourth-order valence-corrected chi connectivity index (χ4v) is 0.650. The zero-order valence-corrected chi connectivity index (χ0v) is 6.07. The fourth-order valence-electron chi connectivity index (χ4n) is 0.445. The lowest BCUT2D eigenvalue weighted by atomic mass is 10.2. The van der Waals surface area contributed by atoms with E-state index in [1.807, 2.05) is 0 Å². The molecule has 0 aliphatic heterocycles. The highest BCUT2D eigenvalue weighted by Gasteiger charge is 1.95. The van der Waals surface area contributed by atoms with Crippen molar-refractivity contribution >= 4 is 15.9 Å². The number of hydrogen-bond donors (Lipinski definition) is 0. The molecule has 0 atom stereocenters. The molecular weight excluding hydrogens is 178 g/mol. The first-order chi connectivity index (χ1) is 6.64. The van der Waals surface area contributed by atoms with Gasteiger partial charge in [-0.15, -0.1) is 0 Å². The van der Waals surface area contributed by atoms with E-state index >= 15 is 0 Å². The molecule has 0 unspecified atom stereocenters. The summed E-state index contributed by atoms with van der Waals surface area (Å²) in [6.07, 6.45) is 2.29. The standard InChI is InChI=1S/C7H8BrN/c1-5-3-9-4-6(2)7(5)8/h3-4H,1-2H3/i1D3,2D3. The van der Waals surface area contributed by atoms with Crippen LogP contribution in [0.4, 0.5) is 0 Å². The van der Waals surface area contributed by atoms with E-state index in [4.69, 9.17) is 8.22 Å². The normalized spacial score (nSPS) is 22.3. The van der Waals surface area contributed by atoms with Crippen LogP contribution in [0.5, 0.6) is 0 Å². The Morgan fingerprint density at radius 3 is 2.44 bits per heavy atom.